The first-order valence-electron chi connectivity index (χ1n) is 5.52. The van der Waals surface area contributed by atoms with Gasteiger partial charge in [0.1, 0.15) is 24.5 Å². The zero-order valence-corrected chi connectivity index (χ0v) is 9.99. The average Bonchev–Trinajstić information content (AvgIpc) is 2.93. The molecule has 0 bridgehead atoms. The van der Waals surface area contributed by atoms with E-state index in [1.807, 2.05) is 0 Å². The van der Waals surface area contributed by atoms with E-state index in [2.05, 4.69) is 5.10 Å². The second kappa shape index (κ2) is 5.13. The van der Waals surface area contributed by atoms with Gasteiger partial charge in [-0.1, -0.05) is 0 Å². The van der Waals surface area contributed by atoms with Crippen LogP contribution < -0.4 is 5.73 Å². The van der Waals surface area contributed by atoms with Crippen molar-refractivity contribution < 1.29 is 29.8 Å². The number of primary amides is 1. The van der Waals surface area contributed by atoms with Crippen molar-refractivity contribution in [1.29, 1.82) is 0 Å². The van der Waals surface area contributed by atoms with E-state index in [1.165, 1.54) is 0 Å². The van der Waals surface area contributed by atoms with Crippen molar-refractivity contribution in [2.45, 2.75) is 24.5 Å². The third-order valence-electron chi connectivity index (χ3n) is 2.92. The number of carbonyl (C=O) groups excluding carboxylic acids is 1. The molecular formula is C9H12N4O7. The van der Waals surface area contributed by atoms with E-state index >= 15 is 0 Å². The van der Waals surface area contributed by atoms with Crippen molar-refractivity contribution >= 4 is 11.6 Å². The number of hydrogen-bond donors (Lipinski definition) is 4. The molecule has 1 aromatic rings. The summed E-state index contributed by atoms with van der Waals surface area (Å²) < 4.78 is 5.95. The highest BCUT2D eigenvalue weighted by Crippen LogP contribution is 2.30. The van der Waals surface area contributed by atoms with E-state index in [4.69, 9.17) is 15.6 Å². The van der Waals surface area contributed by atoms with E-state index in [1.54, 1.807) is 0 Å². The topological polar surface area (TPSA) is 174 Å². The van der Waals surface area contributed by atoms with E-state index in [0.29, 0.717) is 0 Å². The molecule has 1 aliphatic rings. The van der Waals surface area contributed by atoms with E-state index in [-0.39, 0.29) is 0 Å². The molecular weight excluding hydrogens is 276 g/mol. The molecule has 11 nitrogen and oxygen atoms in total. The van der Waals surface area contributed by atoms with Crippen molar-refractivity contribution in [2.75, 3.05) is 6.61 Å². The summed E-state index contributed by atoms with van der Waals surface area (Å²) >= 11 is 0. The minimum Gasteiger partial charge on any atom is -0.394 e. The lowest BCUT2D eigenvalue weighted by Gasteiger charge is -2.14. The summed E-state index contributed by atoms with van der Waals surface area (Å²) in [6.07, 6.45) is -4.32. The third-order valence-corrected chi connectivity index (χ3v) is 2.92. The number of hydrogen-bond acceptors (Lipinski definition) is 8. The standard InChI is InChI=1S/C9H12N4O7/c10-8(17)5-3(13(18)19)1-12(11-5)9-7(16)6(15)4(2-14)20-9/h1,4,6-7,9,14-16H,2H2,(H2,10,17)/t4-,6-,7-,9-/m1/s1. The lowest BCUT2D eigenvalue weighted by Crippen LogP contribution is -2.33. The number of amides is 1. The van der Waals surface area contributed by atoms with Gasteiger partial charge in [0, 0.05) is 0 Å². The van der Waals surface area contributed by atoms with Gasteiger partial charge in [-0.15, -0.1) is 0 Å². The molecule has 0 unspecified atom stereocenters. The first-order chi connectivity index (χ1) is 9.36. The number of nitro groups is 1. The Morgan fingerprint density at radius 2 is 2.20 bits per heavy atom. The number of nitrogens with zero attached hydrogens (tertiary/aromatic N) is 3. The third kappa shape index (κ3) is 2.22. The van der Waals surface area contributed by atoms with Crippen molar-refractivity contribution in [1.82, 2.24) is 9.78 Å². The maximum absolute atomic E-state index is 11.1. The number of aromatic nitrogens is 2. The predicted octanol–water partition coefficient (Wildman–Crippen LogP) is -2.50. The van der Waals surface area contributed by atoms with E-state index < -0.39 is 53.4 Å². The number of aliphatic hydroxyl groups is 3. The van der Waals surface area contributed by atoms with E-state index in [0.717, 1.165) is 10.9 Å². The second-order valence-corrected chi connectivity index (χ2v) is 4.19. The summed E-state index contributed by atoms with van der Waals surface area (Å²) in [5, 5.41) is 42.6. The Morgan fingerprint density at radius 3 is 2.60 bits per heavy atom. The lowest BCUT2D eigenvalue weighted by molar-refractivity contribution is -0.385. The van der Waals surface area contributed by atoms with Gasteiger partial charge in [-0.3, -0.25) is 14.9 Å². The minimum atomic E-state index is -1.47. The van der Waals surface area contributed by atoms with Crippen molar-refractivity contribution in [2.24, 2.45) is 5.73 Å². The maximum Gasteiger partial charge on any atom is 0.320 e. The quantitative estimate of drug-likeness (QED) is 0.347. The fourth-order valence-corrected chi connectivity index (χ4v) is 1.92. The Labute approximate surface area is 111 Å². The van der Waals surface area contributed by atoms with Crippen LogP contribution in [0, 0.1) is 10.1 Å². The highest BCUT2D eigenvalue weighted by Gasteiger charge is 2.44. The zero-order chi connectivity index (χ0) is 15.0. The lowest BCUT2D eigenvalue weighted by atomic mass is 10.1. The van der Waals surface area contributed by atoms with Gasteiger partial charge < -0.3 is 25.8 Å². The Kier molecular flexibility index (Phi) is 3.67. The minimum absolute atomic E-state index is 0.555. The molecule has 1 aromatic heterocycles. The fraction of sp³-hybridized carbons (Fsp3) is 0.556. The molecule has 0 spiro atoms. The smallest absolute Gasteiger partial charge is 0.320 e. The summed E-state index contributed by atoms with van der Waals surface area (Å²) in [6.45, 7) is -0.555. The number of nitrogens with two attached hydrogens (primary N) is 1. The molecule has 1 amide bonds. The van der Waals surface area contributed by atoms with Crippen molar-refractivity contribution in [3.63, 3.8) is 0 Å². The molecule has 20 heavy (non-hydrogen) atoms. The van der Waals surface area contributed by atoms with Crippen LogP contribution in [0.4, 0.5) is 5.69 Å². The maximum atomic E-state index is 11.1. The van der Waals surface area contributed by atoms with Crippen LogP contribution in [-0.2, 0) is 4.74 Å². The van der Waals surface area contributed by atoms with Gasteiger partial charge >= 0.3 is 5.69 Å². The summed E-state index contributed by atoms with van der Waals surface area (Å²) in [7, 11) is 0. The second-order valence-electron chi connectivity index (χ2n) is 4.19. The monoisotopic (exact) mass is 288 g/mol. The molecule has 11 heteroatoms. The van der Waals surface area contributed by atoms with Crippen LogP contribution in [0.5, 0.6) is 0 Å². The van der Waals surface area contributed by atoms with Gasteiger partial charge in [-0.25, -0.2) is 4.68 Å². The average molecular weight is 288 g/mol. The molecule has 2 rings (SSSR count). The fourth-order valence-electron chi connectivity index (χ4n) is 1.92. The van der Waals surface area contributed by atoms with Crippen LogP contribution in [-0.4, -0.2) is 60.8 Å². The van der Waals surface area contributed by atoms with Gasteiger partial charge in [0.2, 0.25) is 5.69 Å². The Balaban J connectivity index is 2.37. The molecule has 0 aliphatic carbocycles. The molecule has 0 saturated carbocycles. The molecule has 1 aliphatic heterocycles. The van der Waals surface area contributed by atoms with E-state index in [9.17, 15) is 25.1 Å². The predicted molar refractivity (Wildman–Crippen MR) is 60.4 cm³/mol. The molecule has 1 fully saturated rings. The number of ether oxygens (including phenoxy) is 1. The van der Waals surface area contributed by atoms with Gasteiger partial charge in [-0.05, 0) is 0 Å². The highest BCUT2D eigenvalue weighted by molar-refractivity contribution is 5.94. The summed E-state index contributed by atoms with van der Waals surface area (Å²) in [5.74, 6) is -1.11. The summed E-state index contributed by atoms with van der Waals surface area (Å²) in [4.78, 5) is 21.0. The Morgan fingerprint density at radius 1 is 1.55 bits per heavy atom. The molecule has 0 aromatic carbocycles. The van der Waals surface area contributed by atoms with Crippen LogP contribution in [0.2, 0.25) is 0 Å². The Bertz CT molecular complexity index is 513. The van der Waals surface area contributed by atoms with Gasteiger partial charge in [-0.2, -0.15) is 5.10 Å². The highest BCUT2D eigenvalue weighted by atomic mass is 16.6. The van der Waals surface area contributed by atoms with Crippen LogP contribution >= 0.6 is 0 Å². The number of carbonyl (C=O) groups is 1. The molecule has 4 atom stereocenters. The summed E-state index contributed by atoms with van der Waals surface area (Å²) in [6, 6.07) is 0. The molecule has 1 saturated heterocycles. The van der Waals surface area contributed by atoms with Crippen LogP contribution in [0.25, 0.3) is 0 Å². The SMILES string of the molecule is NC(=O)c1nn([C@@H]2O[C@H](CO)[C@@H](O)[C@H]2O)cc1[N+](=O)[O-]. The van der Waals surface area contributed by atoms with Gasteiger partial charge in [0.25, 0.3) is 5.91 Å². The molecule has 0 radical (unpaired) electrons. The largest absolute Gasteiger partial charge is 0.394 e. The normalized spacial score (nSPS) is 29.6. The molecule has 110 valence electrons. The van der Waals surface area contributed by atoms with Crippen molar-refractivity contribution in [3.05, 3.63) is 22.0 Å². The number of rotatable bonds is 4. The summed E-state index contributed by atoms with van der Waals surface area (Å²) in [5.41, 5.74) is 3.73. The zero-order valence-electron chi connectivity index (χ0n) is 9.99. The number of aliphatic hydroxyl groups excluding tert-OH is 3. The van der Waals surface area contributed by atoms with Gasteiger partial charge in [0.05, 0.1) is 11.5 Å². The van der Waals surface area contributed by atoms with Crippen molar-refractivity contribution in [3.8, 4) is 0 Å². The molecule has 5 N–H and O–H groups in total. The molecule has 2 heterocycles. The Hall–Kier alpha value is -2.08. The first kappa shape index (κ1) is 14.3. The van der Waals surface area contributed by atoms with Crippen LogP contribution in [0.1, 0.15) is 16.7 Å². The van der Waals surface area contributed by atoms with Crippen LogP contribution in [0.3, 0.4) is 0 Å². The van der Waals surface area contributed by atoms with Crippen LogP contribution in [0.15, 0.2) is 6.20 Å². The first-order valence-corrected chi connectivity index (χ1v) is 5.52. The van der Waals surface area contributed by atoms with Gasteiger partial charge in [0.15, 0.2) is 6.23 Å².